The van der Waals surface area contributed by atoms with Gasteiger partial charge < -0.3 is 11.1 Å². The van der Waals surface area contributed by atoms with Crippen molar-refractivity contribution in [3.63, 3.8) is 0 Å². The maximum absolute atomic E-state index is 8.72. The predicted octanol–water partition coefficient (Wildman–Crippen LogP) is 0.996. The average Bonchev–Trinajstić information content (AvgIpc) is 2.42. The van der Waals surface area contributed by atoms with Crippen molar-refractivity contribution in [2.75, 3.05) is 48.7 Å². The Kier molecular flexibility index (Phi) is 4.67. The fraction of sp³-hybridized carbons (Fsp3) is 0.500. The molecule has 6 heteroatoms. The zero-order valence-electron chi connectivity index (χ0n) is 10.2. The van der Waals surface area contributed by atoms with Gasteiger partial charge in [-0.1, -0.05) is 0 Å². The lowest BCUT2D eigenvalue weighted by Gasteiger charge is -2.26. The van der Waals surface area contributed by atoms with Crippen LogP contribution in [0.4, 0.5) is 11.5 Å². The summed E-state index contributed by atoms with van der Waals surface area (Å²) in [4.78, 5) is 6.58. The van der Waals surface area contributed by atoms with Gasteiger partial charge in [0.25, 0.3) is 0 Å². The van der Waals surface area contributed by atoms with Crippen LogP contribution in [0.25, 0.3) is 0 Å². The number of anilines is 2. The number of nitrogen functional groups attached to an aromatic ring is 1. The Morgan fingerprint density at radius 2 is 2.28 bits per heavy atom. The van der Waals surface area contributed by atoms with E-state index in [-0.39, 0.29) is 0 Å². The van der Waals surface area contributed by atoms with Crippen molar-refractivity contribution in [2.24, 2.45) is 0 Å². The van der Waals surface area contributed by atoms with Gasteiger partial charge in [0.2, 0.25) is 0 Å². The monoisotopic (exact) mass is 263 g/mol. The van der Waals surface area contributed by atoms with E-state index in [1.807, 2.05) is 17.8 Å². The minimum Gasteiger partial charge on any atom is -0.396 e. The number of aromatic nitrogens is 1. The fourth-order valence-electron chi connectivity index (χ4n) is 1.85. The van der Waals surface area contributed by atoms with Crippen LogP contribution in [0.15, 0.2) is 12.3 Å². The van der Waals surface area contributed by atoms with E-state index < -0.39 is 0 Å². The molecule has 0 amide bonds. The molecule has 5 nitrogen and oxygen atoms in total. The molecule has 0 radical (unpaired) electrons. The average molecular weight is 263 g/mol. The molecule has 0 bridgehead atoms. The SMILES string of the molecule is N#Cc1cnc(NCCN2CCSCC2)c(N)c1. The molecule has 0 atom stereocenters. The van der Waals surface area contributed by atoms with Crippen molar-refractivity contribution in [3.05, 3.63) is 17.8 Å². The van der Waals surface area contributed by atoms with E-state index in [0.29, 0.717) is 17.1 Å². The van der Waals surface area contributed by atoms with Gasteiger partial charge in [-0.25, -0.2) is 4.98 Å². The third kappa shape index (κ3) is 3.52. The Labute approximate surface area is 111 Å². The summed E-state index contributed by atoms with van der Waals surface area (Å²) in [6, 6.07) is 3.67. The lowest BCUT2D eigenvalue weighted by Crippen LogP contribution is -2.36. The van der Waals surface area contributed by atoms with Crippen molar-refractivity contribution in [2.45, 2.75) is 0 Å². The van der Waals surface area contributed by atoms with Gasteiger partial charge in [-0.15, -0.1) is 0 Å². The standard InChI is InChI=1S/C12H17N5S/c13-8-10-7-11(14)12(16-9-10)15-1-2-17-3-5-18-6-4-17/h7,9H,1-6,14H2,(H,15,16). The normalized spacial score (nSPS) is 16.2. The van der Waals surface area contributed by atoms with Gasteiger partial charge in [-0.3, -0.25) is 4.90 Å². The molecular formula is C12H17N5S. The minimum atomic E-state index is 0.492. The molecule has 0 spiro atoms. The van der Waals surface area contributed by atoms with Gasteiger partial charge in [0.05, 0.1) is 11.3 Å². The van der Waals surface area contributed by atoms with Crippen LogP contribution < -0.4 is 11.1 Å². The van der Waals surface area contributed by atoms with Crippen LogP contribution in [0.3, 0.4) is 0 Å². The van der Waals surface area contributed by atoms with E-state index >= 15 is 0 Å². The minimum absolute atomic E-state index is 0.492. The summed E-state index contributed by atoms with van der Waals surface area (Å²) >= 11 is 2.01. The summed E-state index contributed by atoms with van der Waals surface area (Å²) in [6.07, 6.45) is 1.54. The van der Waals surface area contributed by atoms with Gasteiger partial charge in [0.1, 0.15) is 11.9 Å². The quantitative estimate of drug-likeness (QED) is 0.843. The van der Waals surface area contributed by atoms with Crippen LogP contribution in [0.2, 0.25) is 0 Å². The number of thioether (sulfide) groups is 1. The van der Waals surface area contributed by atoms with Crippen molar-refractivity contribution >= 4 is 23.3 Å². The first-order chi connectivity index (χ1) is 8.79. The second-order valence-corrected chi connectivity index (χ2v) is 5.38. The highest BCUT2D eigenvalue weighted by atomic mass is 32.2. The Balaban J connectivity index is 1.81. The lowest BCUT2D eigenvalue weighted by atomic mass is 10.3. The number of hydrogen-bond acceptors (Lipinski definition) is 6. The third-order valence-corrected chi connectivity index (χ3v) is 3.81. The zero-order valence-corrected chi connectivity index (χ0v) is 11.0. The summed E-state index contributed by atoms with van der Waals surface area (Å²) < 4.78 is 0. The van der Waals surface area contributed by atoms with Gasteiger partial charge in [0, 0.05) is 43.9 Å². The molecule has 1 saturated heterocycles. The van der Waals surface area contributed by atoms with Crippen molar-refractivity contribution in [1.29, 1.82) is 5.26 Å². The first-order valence-corrected chi connectivity index (χ1v) is 7.14. The molecule has 3 N–H and O–H groups in total. The topological polar surface area (TPSA) is 78.0 Å². The Bertz CT molecular complexity index is 437. The highest BCUT2D eigenvalue weighted by molar-refractivity contribution is 7.99. The van der Waals surface area contributed by atoms with E-state index in [1.54, 1.807) is 6.07 Å². The summed E-state index contributed by atoms with van der Waals surface area (Å²) in [5.41, 5.74) is 6.85. The Morgan fingerprint density at radius 3 is 2.94 bits per heavy atom. The lowest BCUT2D eigenvalue weighted by molar-refractivity contribution is 0.314. The highest BCUT2D eigenvalue weighted by Crippen LogP contribution is 2.15. The molecule has 2 rings (SSSR count). The van der Waals surface area contributed by atoms with Crippen LogP contribution in [0, 0.1) is 11.3 Å². The number of rotatable bonds is 4. The molecule has 1 fully saturated rings. The number of nitrogens with zero attached hydrogens (tertiary/aromatic N) is 3. The third-order valence-electron chi connectivity index (χ3n) is 2.87. The van der Waals surface area contributed by atoms with Crippen molar-refractivity contribution < 1.29 is 0 Å². The van der Waals surface area contributed by atoms with E-state index in [0.717, 1.165) is 26.2 Å². The zero-order chi connectivity index (χ0) is 12.8. The summed E-state index contributed by atoms with van der Waals surface area (Å²) in [7, 11) is 0. The number of nitriles is 1. The molecule has 1 aliphatic rings. The first-order valence-electron chi connectivity index (χ1n) is 5.99. The van der Waals surface area contributed by atoms with Crippen LogP contribution in [-0.2, 0) is 0 Å². The van der Waals surface area contributed by atoms with Crippen LogP contribution in [0.5, 0.6) is 0 Å². The number of nitrogens with two attached hydrogens (primary N) is 1. The fourth-order valence-corrected chi connectivity index (χ4v) is 2.83. The van der Waals surface area contributed by atoms with Crippen molar-refractivity contribution in [3.8, 4) is 6.07 Å². The molecule has 0 unspecified atom stereocenters. The Morgan fingerprint density at radius 1 is 1.50 bits per heavy atom. The van der Waals surface area contributed by atoms with E-state index in [1.165, 1.54) is 17.7 Å². The van der Waals surface area contributed by atoms with Gasteiger partial charge in [-0.2, -0.15) is 17.0 Å². The molecule has 0 saturated carbocycles. The van der Waals surface area contributed by atoms with Crippen LogP contribution >= 0.6 is 11.8 Å². The van der Waals surface area contributed by atoms with Gasteiger partial charge >= 0.3 is 0 Å². The summed E-state index contributed by atoms with van der Waals surface area (Å²) in [5, 5.41) is 11.9. The second-order valence-electron chi connectivity index (χ2n) is 4.15. The van der Waals surface area contributed by atoms with Crippen LogP contribution in [-0.4, -0.2) is 47.6 Å². The second kappa shape index (κ2) is 6.47. The molecule has 0 aromatic carbocycles. The van der Waals surface area contributed by atoms with E-state index in [4.69, 9.17) is 11.0 Å². The molecule has 1 aromatic heterocycles. The molecule has 1 aromatic rings. The van der Waals surface area contributed by atoms with Crippen molar-refractivity contribution in [1.82, 2.24) is 9.88 Å². The molecule has 0 aliphatic carbocycles. The molecular weight excluding hydrogens is 246 g/mol. The smallest absolute Gasteiger partial charge is 0.149 e. The predicted molar refractivity (Wildman–Crippen MR) is 75.6 cm³/mol. The van der Waals surface area contributed by atoms with Gasteiger partial charge in [0.15, 0.2) is 0 Å². The first kappa shape index (κ1) is 13.0. The van der Waals surface area contributed by atoms with Crippen LogP contribution in [0.1, 0.15) is 5.56 Å². The molecule has 18 heavy (non-hydrogen) atoms. The van der Waals surface area contributed by atoms with E-state index in [9.17, 15) is 0 Å². The number of hydrogen-bond donors (Lipinski definition) is 2. The molecule has 1 aliphatic heterocycles. The summed E-state index contributed by atoms with van der Waals surface area (Å²) in [5.74, 6) is 3.11. The molecule has 96 valence electrons. The molecule has 2 heterocycles. The number of nitrogens with one attached hydrogen (secondary N) is 1. The summed E-state index contributed by atoms with van der Waals surface area (Å²) in [6.45, 7) is 4.14. The maximum Gasteiger partial charge on any atom is 0.149 e. The Hall–Kier alpha value is -1.45. The highest BCUT2D eigenvalue weighted by Gasteiger charge is 2.09. The van der Waals surface area contributed by atoms with Gasteiger partial charge in [-0.05, 0) is 6.07 Å². The largest absolute Gasteiger partial charge is 0.396 e. The maximum atomic E-state index is 8.72. The van der Waals surface area contributed by atoms with E-state index in [2.05, 4.69) is 15.2 Å². The number of pyridine rings is 1.